The summed E-state index contributed by atoms with van der Waals surface area (Å²) in [6, 6.07) is 0.267. The minimum Gasteiger partial charge on any atom is -0.481 e. The molecular weight excluding hydrogens is 232 g/mol. The van der Waals surface area contributed by atoms with Gasteiger partial charge < -0.3 is 15.3 Å². The Morgan fingerprint density at radius 1 is 1.39 bits per heavy atom. The number of urea groups is 1. The average molecular weight is 256 g/mol. The number of carboxylic acid groups (broad SMARTS) is 1. The molecule has 0 spiro atoms. The number of nitrogens with zero attached hydrogens (tertiary/aromatic N) is 1. The van der Waals surface area contributed by atoms with Crippen LogP contribution in [0.15, 0.2) is 0 Å². The van der Waals surface area contributed by atoms with Crippen LogP contribution in [0.3, 0.4) is 0 Å². The third-order valence-corrected chi connectivity index (χ3v) is 3.45. The molecular formula is C13H24N2O3. The minimum absolute atomic E-state index is 0.0356. The van der Waals surface area contributed by atoms with E-state index < -0.39 is 5.97 Å². The molecule has 0 radical (unpaired) electrons. The average Bonchev–Trinajstić information content (AvgIpc) is 2.73. The van der Waals surface area contributed by atoms with Gasteiger partial charge in [-0.15, -0.1) is 0 Å². The first-order chi connectivity index (χ1) is 8.41. The molecule has 5 nitrogen and oxygen atoms in total. The molecule has 2 N–H and O–H groups in total. The van der Waals surface area contributed by atoms with E-state index in [0.717, 1.165) is 19.4 Å². The highest BCUT2D eigenvalue weighted by Crippen LogP contribution is 2.23. The molecule has 1 fully saturated rings. The van der Waals surface area contributed by atoms with E-state index in [2.05, 4.69) is 19.2 Å². The van der Waals surface area contributed by atoms with Crippen LogP contribution in [-0.4, -0.2) is 41.1 Å². The number of carbonyl (C=O) groups excluding carboxylic acids is 1. The Kier molecular flexibility index (Phi) is 5.44. The van der Waals surface area contributed by atoms with Crippen LogP contribution in [0.5, 0.6) is 0 Å². The van der Waals surface area contributed by atoms with Crippen LogP contribution in [0.25, 0.3) is 0 Å². The summed E-state index contributed by atoms with van der Waals surface area (Å²) in [7, 11) is 0. The van der Waals surface area contributed by atoms with Gasteiger partial charge in [0, 0.05) is 25.6 Å². The molecule has 1 saturated heterocycles. The Hall–Kier alpha value is -1.26. The summed E-state index contributed by atoms with van der Waals surface area (Å²) >= 11 is 0. The lowest BCUT2D eigenvalue weighted by atomic mass is 10.0. The number of amides is 2. The summed E-state index contributed by atoms with van der Waals surface area (Å²) in [5.41, 5.74) is 0. The number of carbonyl (C=O) groups is 2. The van der Waals surface area contributed by atoms with Gasteiger partial charge in [0.2, 0.25) is 0 Å². The van der Waals surface area contributed by atoms with Gasteiger partial charge in [-0.05, 0) is 24.7 Å². The van der Waals surface area contributed by atoms with Gasteiger partial charge in [-0.3, -0.25) is 4.79 Å². The number of rotatable bonds is 5. The Balaban J connectivity index is 2.38. The topological polar surface area (TPSA) is 69.6 Å². The van der Waals surface area contributed by atoms with Gasteiger partial charge in [-0.25, -0.2) is 4.79 Å². The van der Waals surface area contributed by atoms with Crippen LogP contribution in [0.1, 0.15) is 40.0 Å². The first-order valence-electron chi connectivity index (χ1n) is 6.68. The zero-order chi connectivity index (χ0) is 13.7. The maximum absolute atomic E-state index is 12.0. The van der Waals surface area contributed by atoms with E-state index in [1.807, 2.05) is 11.8 Å². The number of aliphatic carboxylic acids is 1. The Labute approximate surface area is 109 Å². The van der Waals surface area contributed by atoms with Gasteiger partial charge in [-0.1, -0.05) is 20.8 Å². The van der Waals surface area contributed by atoms with Crippen molar-refractivity contribution in [1.82, 2.24) is 10.2 Å². The normalized spacial score (nSPS) is 21.1. The summed E-state index contributed by atoms with van der Waals surface area (Å²) in [6.45, 7) is 7.32. The summed E-state index contributed by atoms with van der Waals surface area (Å²) in [5, 5.41) is 11.5. The van der Waals surface area contributed by atoms with Gasteiger partial charge in [0.05, 0.1) is 0 Å². The van der Waals surface area contributed by atoms with Crippen molar-refractivity contribution in [2.75, 3.05) is 13.1 Å². The van der Waals surface area contributed by atoms with Gasteiger partial charge in [-0.2, -0.15) is 0 Å². The first-order valence-corrected chi connectivity index (χ1v) is 6.68. The second-order valence-corrected chi connectivity index (χ2v) is 5.54. The molecule has 1 aliphatic rings. The van der Waals surface area contributed by atoms with Crippen LogP contribution in [0, 0.1) is 11.8 Å². The van der Waals surface area contributed by atoms with E-state index >= 15 is 0 Å². The SMILES string of the molecule is CC(CNC(=O)N1CCCC1C(C)C)CC(=O)O. The summed E-state index contributed by atoms with van der Waals surface area (Å²) < 4.78 is 0. The van der Waals surface area contributed by atoms with Crippen molar-refractivity contribution in [3.05, 3.63) is 0 Å². The van der Waals surface area contributed by atoms with Gasteiger partial charge in [0.1, 0.15) is 0 Å². The molecule has 1 rings (SSSR count). The molecule has 104 valence electrons. The smallest absolute Gasteiger partial charge is 0.317 e. The molecule has 0 aromatic rings. The summed E-state index contributed by atoms with van der Waals surface area (Å²) in [4.78, 5) is 24.4. The maximum atomic E-state index is 12.0. The fraction of sp³-hybridized carbons (Fsp3) is 0.846. The van der Waals surface area contributed by atoms with Crippen molar-refractivity contribution >= 4 is 12.0 Å². The highest BCUT2D eigenvalue weighted by atomic mass is 16.4. The highest BCUT2D eigenvalue weighted by Gasteiger charge is 2.30. The zero-order valence-corrected chi connectivity index (χ0v) is 11.5. The Morgan fingerprint density at radius 2 is 2.06 bits per heavy atom. The van der Waals surface area contributed by atoms with E-state index in [1.54, 1.807) is 0 Å². The minimum atomic E-state index is -0.821. The molecule has 2 unspecified atom stereocenters. The van der Waals surface area contributed by atoms with Crippen LogP contribution >= 0.6 is 0 Å². The van der Waals surface area contributed by atoms with Gasteiger partial charge >= 0.3 is 12.0 Å². The van der Waals surface area contributed by atoms with E-state index in [1.165, 1.54) is 0 Å². The second kappa shape index (κ2) is 6.61. The third-order valence-electron chi connectivity index (χ3n) is 3.45. The summed E-state index contributed by atoms with van der Waals surface area (Å²) in [6.07, 6.45) is 2.21. The lowest BCUT2D eigenvalue weighted by molar-refractivity contribution is -0.137. The van der Waals surface area contributed by atoms with Gasteiger partial charge in [0.25, 0.3) is 0 Å². The number of nitrogens with one attached hydrogen (secondary N) is 1. The number of hydrogen-bond acceptors (Lipinski definition) is 2. The van der Waals surface area contributed by atoms with Crippen LogP contribution < -0.4 is 5.32 Å². The number of hydrogen-bond donors (Lipinski definition) is 2. The maximum Gasteiger partial charge on any atom is 0.317 e. The van der Waals surface area contributed by atoms with Crippen molar-refractivity contribution in [2.24, 2.45) is 11.8 Å². The lowest BCUT2D eigenvalue weighted by Gasteiger charge is -2.28. The van der Waals surface area contributed by atoms with Gasteiger partial charge in [0.15, 0.2) is 0 Å². The van der Waals surface area contributed by atoms with E-state index in [0.29, 0.717) is 18.5 Å². The highest BCUT2D eigenvalue weighted by molar-refractivity contribution is 5.75. The quantitative estimate of drug-likeness (QED) is 0.789. The lowest BCUT2D eigenvalue weighted by Crippen LogP contribution is -2.45. The molecule has 0 saturated carbocycles. The van der Waals surface area contributed by atoms with E-state index in [-0.39, 0.29) is 18.4 Å². The van der Waals surface area contributed by atoms with Crippen molar-refractivity contribution in [1.29, 1.82) is 0 Å². The molecule has 1 aliphatic heterocycles. The van der Waals surface area contributed by atoms with Crippen molar-refractivity contribution in [3.8, 4) is 0 Å². The Bertz CT molecular complexity index is 305. The van der Waals surface area contributed by atoms with Crippen molar-refractivity contribution < 1.29 is 14.7 Å². The molecule has 0 bridgehead atoms. The van der Waals surface area contributed by atoms with Crippen LogP contribution in [-0.2, 0) is 4.79 Å². The molecule has 0 aromatic heterocycles. The molecule has 18 heavy (non-hydrogen) atoms. The van der Waals surface area contributed by atoms with E-state index in [9.17, 15) is 9.59 Å². The van der Waals surface area contributed by atoms with Crippen LogP contribution in [0.2, 0.25) is 0 Å². The largest absolute Gasteiger partial charge is 0.481 e. The third kappa shape index (κ3) is 4.20. The van der Waals surface area contributed by atoms with Crippen molar-refractivity contribution in [3.63, 3.8) is 0 Å². The molecule has 2 amide bonds. The first kappa shape index (κ1) is 14.8. The molecule has 0 aliphatic carbocycles. The standard InChI is InChI=1S/C13H24N2O3/c1-9(2)11-5-4-6-15(11)13(18)14-8-10(3)7-12(16)17/h9-11H,4-8H2,1-3H3,(H,14,18)(H,16,17). The Morgan fingerprint density at radius 3 is 2.61 bits per heavy atom. The molecule has 5 heteroatoms. The van der Waals surface area contributed by atoms with E-state index in [4.69, 9.17) is 5.11 Å². The molecule has 0 aromatic carbocycles. The fourth-order valence-corrected chi connectivity index (χ4v) is 2.47. The van der Waals surface area contributed by atoms with Crippen molar-refractivity contribution in [2.45, 2.75) is 46.1 Å². The molecule has 2 atom stereocenters. The summed E-state index contributed by atoms with van der Waals surface area (Å²) in [5.74, 6) is -0.390. The number of carboxylic acids is 1. The predicted octanol–water partition coefficient (Wildman–Crippen LogP) is 1.93. The van der Waals surface area contributed by atoms with Crippen LogP contribution in [0.4, 0.5) is 4.79 Å². The predicted molar refractivity (Wildman–Crippen MR) is 69.4 cm³/mol. The monoisotopic (exact) mass is 256 g/mol. The zero-order valence-electron chi connectivity index (χ0n) is 11.5. The second-order valence-electron chi connectivity index (χ2n) is 5.54. The number of likely N-dealkylation sites (tertiary alicyclic amines) is 1. The fourth-order valence-electron chi connectivity index (χ4n) is 2.47. The molecule has 1 heterocycles.